The Balaban J connectivity index is 3.23. The highest BCUT2D eigenvalue weighted by molar-refractivity contribution is 5.63. The van der Waals surface area contributed by atoms with Gasteiger partial charge in [-0.3, -0.25) is 4.98 Å². The van der Waals surface area contributed by atoms with E-state index in [0.717, 1.165) is 0 Å². The number of methoxy groups -OCH3 is 1. The zero-order valence-corrected chi connectivity index (χ0v) is 6.37. The van der Waals surface area contributed by atoms with E-state index in [2.05, 4.69) is 11.6 Å². The van der Waals surface area contributed by atoms with Crippen molar-refractivity contribution in [1.29, 1.82) is 0 Å². The molecule has 3 nitrogen and oxygen atoms in total. The fourth-order valence-corrected chi connectivity index (χ4v) is 0.848. The van der Waals surface area contributed by atoms with Gasteiger partial charge in [-0.2, -0.15) is 0 Å². The number of pyridine rings is 1. The average Bonchev–Trinajstić information content (AvgIpc) is 2.04. The van der Waals surface area contributed by atoms with Crippen LogP contribution in [0.2, 0.25) is 0 Å². The first-order valence-electron chi connectivity index (χ1n) is 3.20. The van der Waals surface area contributed by atoms with E-state index in [4.69, 9.17) is 10.5 Å². The van der Waals surface area contributed by atoms with E-state index in [1.54, 1.807) is 25.4 Å². The Kier molecular flexibility index (Phi) is 2.11. The monoisotopic (exact) mass is 150 g/mol. The first-order chi connectivity index (χ1) is 5.29. The Hall–Kier alpha value is -1.51. The zero-order valence-electron chi connectivity index (χ0n) is 6.37. The van der Waals surface area contributed by atoms with Crippen LogP contribution in [0.25, 0.3) is 6.08 Å². The van der Waals surface area contributed by atoms with Crippen molar-refractivity contribution in [2.75, 3.05) is 12.8 Å². The first kappa shape index (κ1) is 7.60. The van der Waals surface area contributed by atoms with Gasteiger partial charge in [0.15, 0.2) is 5.75 Å². The Morgan fingerprint density at radius 3 is 2.91 bits per heavy atom. The molecule has 0 amide bonds. The lowest BCUT2D eigenvalue weighted by molar-refractivity contribution is 0.414. The van der Waals surface area contributed by atoms with Crippen LogP contribution in [0.5, 0.6) is 5.75 Å². The average molecular weight is 150 g/mol. The normalized spacial score (nSPS) is 9.18. The molecule has 58 valence electrons. The Labute approximate surface area is 65.5 Å². The summed E-state index contributed by atoms with van der Waals surface area (Å²) in [7, 11) is 1.56. The zero-order chi connectivity index (χ0) is 8.27. The highest BCUT2D eigenvalue weighted by atomic mass is 16.5. The number of hydrogen-bond donors (Lipinski definition) is 1. The molecule has 0 aliphatic carbocycles. The van der Waals surface area contributed by atoms with Crippen LogP contribution in [0, 0.1) is 0 Å². The van der Waals surface area contributed by atoms with Gasteiger partial charge < -0.3 is 10.5 Å². The lowest BCUT2D eigenvalue weighted by Crippen LogP contribution is -1.95. The van der Waals surface area contributed by atoms with E-state index in [0.29, 0.717) is 17.1 Å². The van der Waals surface area contributed by atoms with Gasteiger partial charge in [0.2, 0.25) is 0 Å². The maximum absolute atomic E-state index is 5.59. The molecule has 2 N–H and O–H groups in total. The van der Waals surface area contributed by atoms with Gasteiger partial charge in [-0.1, -0.05) is 6.58 Å². The van der Waals surface area contributed by atoms with Gasteiger partial charge >= 0.3 is 0 Å². The fourth-order valence-electron chi connectivity index (χ4n) is 0.848. The Bertz CT molecular complexity index is 271. The van der Waals surface area contributed by atoms with Crippen LogP contribution in [-0.2, 0) is 0 Å². The minimum atomic E-state index is 0.581. The van der Waals surface area contributed by atoms with E-state index in [1.807, 2.05) is 0 Å². The molecule has 0 unspecified atom stereocenters. The molecule has 11 heavy (non-hydrogen) atoms. The molecule has 1 aromatic heterocycles. The largest absolute Gasteiger partial charge is 0.492 e. The summed E-state index contributed by atoms with van der Waals surface area (Å²) in [4.78, 5) is 4.01. The number of ether oxygens (including phenoxy) is 1. The smallest absolute Gasteiger partial charge is 0.167 e. The molecule has 3 heteroatoms. The molecule has 0 radical (unpaired) electrons. The molecule has 0 fully saturated rings. The van der Waals surface area contributed by atoms with Gasteiger partial charge in [-0.05, 0) is 12.1 Å². The molecule has 0 saturated carbocycles. The molecule has 1 heterocycles. The molecule has 1 aromatic rings. The third kappa shape index (κ3) is 1.32. The number of nitrogen functional groups attached to an aromatic ring is 1. The van der Waals surface area contributed by atoms with Crippen LogP contribution in [0.4, 0.5) is 5.69 Å². The van der Waals surface area contributed by atoms with Gasteiger partial charge in [0.25, 0.3) is 0 Å². The summed E-state index contributed by atoms with van der Waals surface area (Å²) < 4.78 is 5.01. The van der Waals surface area contributed by atoms with Gasteiger partial charge in [-0.25, -0.2) is 0 Å². The fraction of sp³-hybridized carbons (Fsp3) is 0.125. The highest BCUT2D eigenvalue weighted by Crippen LogP contribution is 2.23. The van der Waals surface area contributed by atoms with Crippen molar-refractivity contribution in [3.05, 3.63) is 24.5 Å². The highest BCUT2D eigenvalue weighted by Gasteiger charge is 2.02. The molecule has 0 aliphatic heterocycles. The van der Waals surface area contributed by atoms with Crippen LogP contribution < -0.4 is 10.5 Å². The molecule has 1 rings (SSSR count). The number of rotatable bonds is 2. The van der Waals surface area contributed by atoms with Gasteiger partial charge in [-0.15, -0.1) is 0 Å². The summed E-state index contributed by atoms with van der Waals surface area (Å²) >= 11 is 0. The van der Waals surface area contributed by atoms with Gasteiger partial charge in [0.05, 0.1) is 12.8 Å². The summed E-state index contributed by atoms with van der Waals surface area (Å²) in [6.07, 6.45) is 3.23. The van der Waals surface area contributed by atoms with E-state index in [1.165, 1.54) is 0 Å². The number of nitrogens with zero attached hydrogens (tertiary/aromatic N) is 1. The second-order valence-electron chi connectivity index (χ2n) is 2.02. The van der Waals surface area contributed by atoms with Crippen molar-refractivity contribution in [1.82, 2.24) is 4.98 Å². The Morgan fingerprint density at radius 1 is 1.73 bits per heavy atom. The molecule has 0 aromatic carbocycles. The molecule has 0 bridgehead atoms. The van der Waals surface area contributed by atoms with E-state index >= 15 is 0 Å². The molecule has 0 spiro atoms. The van der Waals surface area contributed by atoms with E-state index in [-0.39, 0.29) is 0 Å². The van der Waals surface area contributed by atoms with Crippen LogP contribution in [0.1, 0.15) is 5.69 Å². The Morgan fingerprint density at radius 2 is 2.45 bits per heavy atom. The standard InChI is InChI=1S/C8H10N2O/c1-3-7-8(11-2)6(9)4-5-10-7/h3-5H,1H2,2H3,(H2,9,10). The quantitative estimate of drug-likeness (QED) is 0.691. The number of aromatic nitrogens is 1. The van der Waals surface area contributed by atoms with Crippen LogP contribution in [0.15, 0.2) is 18.8 Å². The van der Waals surface area contributed by atoms with E-state index in [9.17, 15) is 0 Å². The summed E-state index contributed by atoms with van der Waals surface area (Å²) in [6, 6.07) is 1.69. The lowest BCUT2D eigenvalue weighted by atomic mass is 10.3. The van der Waals surface area contributed by atoms with E-state index < -0.39 is 0 Å². The van der Waals surface area contributed by atoms with Gasteiger partial charge in [0, 0.05) is 6.20 Å². The number of hydrogen-bond acceptors (Lipinski definition) is 3. The topological polar surface area (TPSA) is 48.1 Å². The van der Waals surface area contributed by atoms with Crippen molar-refractivity contribution in [2.24, 2.45) is 0 Å². The first-order valence-corrected chi connectivity index (χ1v) is 3.20. The summed E-state index contributed by atoms with van der Waals surface area (Å²) in [5, 5.41) is 0. The molecule has 0 aliphatic rings. The van der Waals surface area contributed by atoms with Gasteiger partial charge in [0.1, 0.15) is 5.69 Å². The summed E-state index contributed by atoms with van der Waals surface area (Å²) in [5.41, 5.74) is 6.85. The number of anilines is 1. The number of nitrogens with two attached hydrogens (primary N) is 1. The second kappa shape index (κ2) is 3.05. The van der Waals surface area contributed by atoms with Crippen molar-refractivity contribution in [3.63, 3.8) is 0 Å². The van der Waals surface area contributed by atoms with Crippen LogP contribution in [-0.4, -0.2) is 12.1 Å². The molecule has 0 atom stereocenters. The van der Waals surface area contributed by atoms with Crippen molar-refractivity contribution >= 4 is 11.8 Å². The molecular formula is C8H10N2O. The third-order valence-electron chi connectivity index (χ3n) is 1.36. The maximum Gasteiger partial charge on any atom is 0.167 e. The molecule has 0 saturated heterocycles. The summed E-state index contributed by atoms with van der Waals surface area (Å²) in [6.45, 7) is 3.58. The SMILES string of the molecule is C=Cc1nccc(N)c1OC. The predicted octanol–water partition coefficient (Wildman–Crippen LogP) is 1.32. The minimum Gasteiger partial charge on any atom is -0.492 e. The maximum atomic E-state index is 5.59. The minimum absolute atomic E-state index is 0.581. The van der Waals surface area contributed by atoms with Crippen molar-refractivity contribution in [3.8, 4) is 5.75 Å². The van der Waals surface area contributed by atoms with Crippen molar-refractivity contribution in [2.45, 2.75) is 0 Å². The summed E-state index contributed by atoms with van der Waals surface area (Å²) in [5.74, 6) is 0.586. The van der Waals surface area contributed by atoms with Crippen LogP contribution >= 0.6 is 0 Å². The van der Waals surface area contributed by atoms with Crippen molar-refractivity contribution < 1.29 is 4.74 Å². The molecular weight excluding hydrogens is 140 g/mol. The second-order valence-corrected chi connectivity index (χ2v) is 2.02. The predicted molar refractivity (Wildman–Crippen MR) is 45.3 cm³/mol. The lowest BCUT2D eigenvalue weighted by Gasteiger charge is -2.05. The third-order valence-corrected chi connectivity index (χ3v) is 1.36. The van der Waals surface area contributed by atoms with Crippen LogP contribution in [0.3, 0.4) is 0 Å².